The average molecular weight is 448 g/mol. The van der Waals surface area contributed by atoms with Gasteiger partial charge < -0.3 is 10.2 Å². The predicted molar refractivity (Wildman–Crippen MR) is 116 cm³/mol. The van der Waals surface area contributed by atoms with E-state index in [1.807, 2.05) is 24.3 Å². The van der Waals surface area contributed by atoms with Gasteiger partial charge in [-0.3, -0.25) is 9.59 Å². The number of thiophene rings is 1. The summed E-state index contributed by atoms with van der Waals surface area (Å²) in [4.78, 5) is 26.6. The fourth-order valence-electron chi connectivity index (χ4n) is 3.78. The molecule has 1 aromatic carbocycles. The van der Waals surface area contributed by atoms with Crippen molar-refractivity contribution in [2.75, 3.05) is 24.5 Å². The minimum Gasteiger partial charge on any atom is -0.352 e. The van der Waals surface area contributed by atoms with Crippen molar-refractivity contribution < 1.29 is 18.0 Å². The number of rotatable bonds is 7. The van der Waals surface area contributed by atoms with Crippen molar-refractivity contribution >= 4 is 38.9 Å². The van der Waals surface area contributed by atoms with Crippen molar-refractivity contribution in [1.29, 1.82) is 0 Å². The molecular weight excluding hydrogens is 422 g/mol. The maximum atomic E-state index is 12.6. The molecule has 2 aliphatic heterocycles. The molecule has 0 atom stereocenters. The molecule has 2 aromatic rings. The molecule has 9 heteroatoms. The van der Waals surface area contributed by atoms with E-state index in [1.165, 1.54) is 15.6 Å². The van der Waals surface area contributed by atoms with Crippen LogP contribution in [0.3, 0.4) is 0 Å². The first-order valence-corrected chi connectivity index (χ1v) is 12.4. The lowest BCUT2D eigenvalue weighted by Gasteiger charge is -2.16. The molecule has 2 amide bonds. The number of amides is 2. The van der Waals surface area contributed by atoms with Crippen LogP contribution in [0.25, 0.3) is 0 Å². The fourth-order valence-corrected chi connectivity index (χ4v) is 6.81. The Morgan fingerprint density at radius 1 is 1.00 bits per heavy atom. The van der Waals surface area contributed by atoms with Gasteiger partial charge in [-0.2, -0.15) is 4.31 Å². The van der Waals surface area contributed by atoms with Crippen LogP contribution in [0.2, 0.25) is 0 Å². The van der Waals surface area contributed by atoms with Crippen LogP contribution in [0.4, 0.5) is 5.69 Å². The highest BCUT2D eigenvalue weighted by molar-refractivity contribution is 7.91. The monoisotopic (exact) mass is 447 g/mol. The summed E-state index contributed by atoms with van der Waals surface area (Å²) in [7, 11) is -3.43. The van der Waals surface area contributed by atoms with E-state index in [0.717, 1.165) is 41.9 Å². The number of nitrogens with zero attached hydrogens (tertiary/aromatic N) is 2. The first-order valence-electron chi connectivity index (χ1n) is 10.2. The Hall–Kier alpha value is -2.23. The van der Waals surface area contributed by atoms with Crippen LogP contribution in [0.15, 0.2) is 40.6 Å². The van der Waals surface area contributed by atoms with Crippen molar-refractivity contribution in [1.82, 2.24) is 9.62 Å². The van der Waals surface area contributed by atoms with Gasteiger partial charge in [-0.15, -0.1) is 11.3 Å². The summed E-state index contributed by atoms with van der Waals surface area (Å²) in [5, 5.41) is 2.88. The number of benzene rings is 1. The molecule has 160 valence electrons. The number of nitrogens with one attached hydrogen (secondary N) is 1. The standard InChI is InChI=1S/C21H25N3O4S2/c25-19(14-18-9-10-21(29-18)30(27,28)23-11-1-2-12-23)22-15-16-5-7-17(8-6-16)24-13-3-4-20(24)26/h5-10H,1-4,11-15H2,(H,22,25). The van der Waals surface area contributed by atoms with Gasteiger partial charge in [-0.1, -0.05) is 12.1 Å². The normalized spacial score (nSPS) is 17.6. The highest BCUT2D eigenvalue weighted by atomic mass is 32.2. The fraction of sp³-hybridized carbons (Fsp3) is 0.429. The van der Waals surface area contributed by atoms with E-state index in [2.05, 4.69) is 5.32 Å². The van der Waals surface area contributed by atoms with Crippen molar-refractivity contribution in [3.63, 3.8) is 0 Å². The molecule has 30 heavy (non-hydrogen) atoms. The van der Waals surface area contributed by atoms with Crippen molar-refractivity contribution in [3.8, 4) is 0 Å². The summed E-state index contributed by atoms with van der Waals surface area (Å²) in [5.41, 5.74) is 1.83. The number of anilines is 1. The second-order valence-corrected chi connectivity index (χ2v) is 10.9. The number of hydrogen-bond acceptors (Lipinski definition) is 5. The van der Waals surface area contributed by atoms with Gasteiger partial charge in [0.15, 0.2) is 0 Å². The zero-order chi connectivity index (χ0) is 21.1. The van der Waals surface area contributed by atoms with Crippen molar-refractivity contribution in [2.24, 2.45) is 0 Å². The summed E-state index contributed by atoms with van der Waals surface area (Å²) in [6, 6.07) is 10.9. The molecule has 1 aromatic heterocycles. The van der Waals surface area contributed by atoms with Crippen LogP contribution in [-0.4, -0.2) is 44.2 Å². The summed E-state index contributed by atoms with van der Waals surface area (Å²) in [6.45, 7) is 2.28. The van der Waals surface area contributed by atoms with E-state index < -0.39 is 10.0 Å². The van der Waals surface area contributed by atoms with E-state index >= 15 is 0 Å². The summed E-state index contributed by atoms with van der Waals surface area (Å²) < 4.78 is 27.0. The van der Waals surface area contributed by atoms with Crippen LogP contribution in [0.5, 0.6) is 0 Å². The molecule has 0 saturated carbocycles. The van der Waals surface area contributed by atoms with Crippen LogP contribution in [0, 0.1) is 0 Å². The van der Waals surface area contributed by atoms with Gasteiger partial charge in [0.1, 0.15) is 4.21 Å². The van der Waals surface area contributed by atoms with Gasteiger partial charge in [0.25, 0.3) is 10.0 Å². The molecule has 0 unspecified atom stereocenters. The first-order chi connectivity index (χ1) is 14.4. The molecule has 2 aliphatic rings. The zero-order valence-corrected chi connectivity index (χ0v) is 18.3. The van der Waals surface area contributed by atoms with Gasteiger partial charge in [0.2, 0.25) is 11.8 Å². The van der Waals surface area contributed by atoms with Crippen molar-refractivity contribution in [2.45, 2.75) is 42.9 Å². The number of carbonyl (C=O) groups excluding carboxylic acids is 2. The molecule has 4 rings (SSSR count). The highest BCUT2D eigenvalue weighted by Crippen LogP contribution is 2.27. The van der Waals surface area contributed by atoms with Gasteiger partial charge in [-0.25, -0.2) is 8.42 Å². The SMILES string of the molecule is O=C(Cc1ccc(S(=O)(=O)N2CCCC2)s1)NCc1ccc(N2CCCC2=O)cc1. The molecule has 0 spiro atoms. The lowest BCUT2D eigenvalue weighted by atomic mass is 10.2. The molecular formula is C21H25N3O4S2. The van der Waals surface area contributed by atoms with Crippen LogP contribution >= 0.6 is 11.3 Å². The van der Waals surface area contributed by atoms with Crippen LogP contribution in [-0.2, 0) is 32.6 Å². The van der Waals surface area contributed by atoms with Gasteiger partial charge >= 0.3 is 0 Å². The third kappa shape index (κ3) is 4.58. The van der Waals surface area contributed by atoms with Crippen LogP contribution in [0.1, 0.15) is 36.1 Å². The Morgan fingerprint density at radius 2 is 1.73 bits per heavy atom. The zero-order valence-electron chi connectivity index (χ0n) is 16.7. The topological polar surface area (TPSA) is 86.8 Å². The Morgan fingerprint density at radius 3 is 2.40 bits per heavy atom. The molecule has 3 heterocycles. The Labute approximate surface area is 180 Å². The summed E-state index contributed by atoms with van der Waals surface area (Å²) in [6.07, 6.45) is 3.44. The first kappa shape index (κ1) is 21.0. The maximum Gasteiger partial charge on any atom is 0.252 e. The number of sulfonamides is 1. The molecule has 1 N–H and O–H groups in total. The second kappa shape index (κ2) is 8.87. The minimum atomic E-state index is -3.43. The highest BCUT2D eigenvalue weighted by Gasteiger charge is 2.28. The van der Waals surface area contributed by atoms with E-state index in [9.17, 15) is 18.0 Å². The Bertz CT molecular complexity index is 1020. The molecule has 0 bridgehead atoms. The minimum absolute atomic E-state index is 0.151. The Balaban J connectivity index is 1.30. The lowest BCUT2D eigenvalue weighted by Crippen LogP contribution is -2.27. The molecule has 2 saturated heterocycles. The largest absolute Gasteiger partial charge is 0.352 e. The second-order valence-electron chi connectivity index (χ2n) is 7.60. The summed E-state index contributed by atoms with van der Waals surface area (Å²) in [5.74, 6) is -0.00103. The van der Waals surface area contributed by atoms with E-state index in [0.29, 0.717) is 30.3 Å². The smallest absolute Gasteiger partial charge is 0.252 e. The third-order valence-electron chi connectivity index (χ3n) is 5.44. The number of carbonyl (C=O) groups is 2. The average Bonchev–Trinajstić information content (AvgIpc) is 3.49. The Kier molecular flexibility index (Phi) is 6.21. The van der Waals surface area contributed by atoms with Gasteiger partial charge in [0, 0.05) is 43.2 Å². The van der Waals surface area contributed by atoms with E-state index in [-0.39, 0.29) is 18.2 Å². The van der Waals surface area contributed by atoms with Crippen LogP contribution < -0.4 is 10.2 Å². The molecule has 0 radical (unpaired) electrons. The van der Waals surface area contributed by atoms with Gasteiger partial charge in [0.05, 0.1) is 6.42 Å². The van der Waals surface area contributed by atoms with E-state index in [1.54, 1.807) is 17.0 Å². The van der Waals surface area contributed by atoms with Gasteiger partial charge in [-0.05, 0) is 49.1 Å². The number of hydrogen-bond donors (Lipinski definition) is 1. The lowest BCUT2D eigenvalue weighted by molar-refractivity contribution is -0.120. The van der Waals surface area contributed by atoms with Crippen molar-refractivity contribution in [3.05, 3.63) is 46.8 Å². The molecule has 7 nitrogen and oxygen atoms in total. The molecule has 0 aliphatic carbocycles. The van der Waals surface area contributed by atoms with E-state index in [4.69, 9.17) is 0 Å². The molecule has 2 fully saturated rings. The quantitative estimate of drug-likeness (QED) is 0.707. The summed E-state index contributed by atoms with van der Waals surface area (Å²) >= 11 is 1.17. The maximum absolute atomic E-state index is 12.6. The predicted octanol–water partition coefficient (Wildman–Crippen LogP) is 2.52. The third-order valence-corrected chi connectivity index (χ3v) is 8.89.